The molecule has 6 unspecified atom stereocenters. The molecule has 4 bridgehead atoms. The minimum atomic E-state index is -1.22. The first-order valence-electron chi connectivity index (χ1n) is 16.9. The lowest BCUT2D eigenvalue weighted by atomic mass is 9.74. The van der Waals surface area contributed by atoms with Crippen LogP contribution >= 0.6 is 23.3 Å². The Morgan fingerprint density at radius 3 is 2.63 bits per heavy atom. The van der Waals surface area contributed by atoms with Gasteiger partial charge in [-0.15, -0.1) is 0 Å². The fourth-order valence-electron chi connectivity index (χ4n) is 7.24. The Bertz CT molecular complexity index is 1460. The third-order valence-electron chi connectivity index (χ3n) is 9.77. The van der Waals surface area contributed by atoms with Crippen LogP contribution in [0.2, 0.25) is 0 Å². The molecule has 0 amide bonds. The Morgan fingerprint density at radius 1 is 1.04 bits per heavy atom. The van der Waals surface area contributed by atoms with E-state index in [1.54, 1.807) is 23.3 Å². The van der Waals surface area contributed by atoms with Crippen molar-refractivity contribution in [2.75, 3.05) is 31.6 Å². The van der Waals surface area contributed by atoms with Gasteiger partial charge in [-0.1, -0.05) is 55.5 Å². The molecule has 4 heterocycles. The summed E-state index contributed by atoms with van der Waals surface area (Å²) in [5.74, 6) is 1.18. The monoisotopic (exact) mass is 668 g/mol. The number of anilines is 1. The van der Waals surface area contributed by atoms with Crippen molar-refractivity contribution in [1.29, 1.82) is 0 Å². The molecule has 0 radical (unpaired) electrons. The zero-order valence-corrected chi connectivity index (χ0v) is 28.6. The van der Waals surface area contributed by atoms with E-state index in [0.29, 0.717) is 44.1 Å². The highest BCUT2D eigenvalue weighted by Gasteiger charge is 2.52. The van der Waals surface area contributed by atoms with Crippen molar-refractivity contribution in [2.24, 2.45) is 23.7 Å². The smallest absolute Gasteiger partial charge is 0.214 e. The fraction of sp³-hybridized carbons (Fsp3) is 0.629. The van der Waals surface area contributed by atoms with Gasteiger partial charge in [0.1, 0.15) is 0 Å². The highest BCUT2D eigenvalue weighted by atomic mass is 32.2. The minimum Gasteiger partial charge on any atom is -0.390 e. The Kier molecular flexibility index (Phi) is 10.2. The van der Waals surface area contributed by atoms with Gasteiger partial charge in [0.05, 0.1) is 35.6 Å². The van der Waals surface area contributed by atoms with Gasteiger partial charge < -0.3 is 29.7 Å². The van der Waals surface area contributed by atoms with Gasteiger partial charge in [-0.2, -0.15) is 0 Å². The van der Waals surface area contributed by atoms with Crippen LogP contribution < -0.4 is 10.6 Å². The number of rotatable bonds is 15. The largest absolute Gasteiger partial charge is 0.390 e. The average molecular weight is 669 g/mol. The lowest BCUT2D eigenvalue weighted by Gasteiger charge is -2.38. The van der Waals surface area contributed by atoms with Gasteiger partial charge in [-0.3, -0.25) is 5.32 Å². The van der Waals surface area contributed by atoms with Crippen LogP contribution in [0.15, 0.2) is 47.4 Å². The van der Waals surface area contributed by atoms with E-state index in [9.17, 15) is 10.2 Å². The summed E-state index contributed by atoms with van der Waals surface area (Å²) < 4.78 is 21.7. The zero-order valence-electron chi connectivity index (χ0n) is 27.0. The second-order valence-electron chi connectivity index (χ2n) is 14.0. The maximum Gasteiger partial charge on any atom is 0.214 e. The van der Waals surface area contributed by atoms with Crippen molar-refractivity contribution in [1.82, 2.24) is 14.6 Å². The fourth-order valence-corrected chi connectivity index (χ4v) is 9.53. The Morgan fingerprint density at radius 2 is 1.85 bits per heavy atom. The van der Waals surface area contributed by atoms with Crippen molar-refractivity contribution in [3.8, 4) is 0 Å². The first-order chi connectivity index (χ1) is 22.3. The number of nitrogens with zero attached hydrogens (tertiary/aromatic N) is 2. The molecule has 0 spiro atoms. The van der Waals surface area contributed by atoms with Crippen molar-refractivity contribution in [3.63, 3.8) is 0 Å². The van der Waals surface area contributed by atoms with E-state index in [1.165, 1.54) is 28.0 Å². The number of ether oxygens (including phenoxy) is 3. The van der Waals surface area contributed by atoms with Gasteiger partial charge in [0.25, 0.3) is 0 Å². The number of hydrogen-bond acceptors (Lipinski definition) is 11. The van der Waals surface area contributed by atoms with Crippen LogP contribution in [-0.2, 0) is 20.6 Å². The summed E-state index contributed by atoms with van der Waals surface area (Å²) in [6.45, 7) is 8.97. The Labute approximate surface area is 280 Å². The number of nitrogens with one attached hydrogen (secondary N) is 2. The van der Waals surface area contributed by atoms with Gasteiger partial charge >= 0.3 is 0 Å². The van der Waals surface area contributed by atoms with Crippen LogP contribution in [0.1, 0.15) is 50.7 Å². The molecule has 3 saturated heterocycles. The summed E-state index contributed by atoms with van der Waals surface area (Å²) >= 11 is 3.40. The second kappa shape index (κ2) is 14.4. The van der Waals surface area contributed by atoms with E-state index in [4.69, 9.17) is 19.2 Å². The van der Waals surface area contributed by atoms with Crippen molar-refractivity contribution in [3.05, 3.63) is 53.6 Å². The highest BCUT2D eigenvalue weighted by Crippen LogP contribution is 2.47. The summed E-state index contributed by atoms with van der Waals surface area (Å²) in [7, 11) is 0. The molecule has 8 rings (SSSR count). The maximum atomic E-state index is 11.8. The van der Waals surface area contributed by atoms with Crippen LogP contribution in [0.3, 0.4) is 0 Å². The molecule has 1 aromatic heterocycles. The standard InChI is InChI=1S/C35H48N4O5S2/c1-20(2)16-39(46-30-15-31-28(13-21(30)3)37-34(45-31)36-24-10-11-24)17-29(40)27(14-22-7-5-4-6-8-22)38-35(41)44-32-23-9-12-25-26(32)19-43-33(25)42-18-23/h4-8,13,15,20,23-27,29,32-33,35,38,40-41H,9-12,14,16-19H2,1-3H3,(H,36,37)/t23?,25?,26?,27-,29+,32?,33?,35?/m0/s1. The van der Waals surface area contributed by atoms with Gasteiger partial charge in [0.2, 0.25) is 6.41 Å². The number of aryl methyl sites for hydroxylation is 1. The van der Waals surface area contributed by atoms with Gasteiger partial charge in [0, 0.05) is 47.8 Å². The van der Waals surface area contributed by atoms with Crippen molar-refractivity contribution in [2.45, 2.75) is 94.8 Å². The molecule has 3 aliphatic heterocycles. The minimum absolute atomic E-state index is 0.138. The first kappa shape index (κ1) is 32.7. The molecule has 2 aliphatic carbocycles. The second-order valence-corrected chi connectivity index (χ2v) is 16.2. The predicted octanol–water partition coefficient (Wildman–Crippen LogP) is 5.40. The SMILES string of the molecule is Cc1cc2nc(NC3CC3)sc2cc1SN(CC(C)C)C[C@@H](O)[C@H](Cc1ccccc1)NC(O)OC1C2CCC3C(OC2)OCC31. The quantitative estimate of drug-likeness (QED) is 0.124. The van der Waals surface area contributed by atoms with Crippen LogP contribution in [0, 0.1) is 30.6 Å². The molecule has 5 fully saturated rings. The number of thiazole rings is 1. The van der Waals surface area contributed by atoms with E-state index in [0.717, 1.165) is 35.6 Å². The Balaban J connectivity index is 1.06. The number of fused-ring (bicyclic) bond motifs is 3. The lowest BCUT2D eigenvalue weighted by Crippen LogP contribution is -2.53. The number of aliphatic hydroxyl groups is 2. The van der Waals surface area contributed by atoms with E-state index in [1.807, 2.05) is 18.2 Å². The normalized spacial score (nSPS) is 27.8. The summed E-state index contributed by atoms with van der Waals surface area (Å²) in [6.07, 6.45) is 2.83. The van der Waals surface area contributed by atoms with Crippen LogP contribution in [0.25, 0.3) is 10.2 Å². The van der Waals surface area contributed by atoms with E-state index in [-0.39, 0.29) is 24.2 Å². The number of benzene rings is 2. The molecular formula is C35H48N4O5S2. The van der Waals surface area contributed by atoms with Crippen molar-refractivity contribution < 1.29 is 24.4 Å². The van der Waals surface area contributed by atoms with E-state index in [2.05, 4.69) is 60.0 Å². The predicted molar refractivity (Wildman–Crippen MR) is 183 cm³/mol. The molecule has 2 aromatic carbocycles. The van der Waals surface area contributed by atoms with Gasteiger partial charge in [0.15, 0.2) is 11.4 Å². The number of aromatic nitrogens is 1. The Hall–Kier alpha value is -1.80. The molecule has 9 nitrogen and oxygen atoms in total. The zero-order chi connectivity index (χ0) is 31.8. The molecule has 8 atom stereocenters. The maximum absolute atomic E-state index is 11.8. The summed E-state index contributed by atoms with van der Waals surface area (Å²) in [4.78, 5) is 5.99. The van der Waals surface area contributed by atoms with Gasteiger partial charge in [-0.05, 0) is 80.2 Å². The summed E-state index contributed by atoms with van der Waals surface area (Å²) in [5, 5.41) is 31.0. The molecule has 4 N–H and O–H groups in total. The molecule has 5 aliphatic rings. The van der Waals surface area contributed by atoms with Crippen LogP contribution in [0.4, 0.5) is 5.13 Å². The molecular weight excluding hydrogens is 621 g/mol. The van der Waals surface area contributed by atoms with Crippen molar-refractivity contribution >= 4 is 38.6 Å². The van der Waals surface area contributed by atoms with E-state index < -0.39 is 18.6 Å². The van der Waals surface area contributed by atoms with Crippen LogP contribution in [0.5, 0.6) is 0 Å². The molecule has 46 heavy (non-hydrogen) atoms. The number of hydrogen-bond donors (Lipinski definition) is 4. The highest BCUT2D eigenvalue weighted by molar-refractivity contribution is 7.97. The topological polar surface area (TPSA) is 108 Å². The summed E-state index contributed by atoms with van der Waals surface area (Å²) in [6, 6.07) is 14.7. The third kappa shape index (κ3) is 7.74. The van der Waals surface area contributed by atoms with Gasteiger partial charge in [-0.25, -0.2) is 9.29 Å². The lowest BCUT2D eigenvalue weighted by molar-refractivity contribution is -0.205. The first-order valence-corrected chi connectivity index (χ1v) is 18.5. The molecule has 250 valence electrons. The third-order valence-corrected chi connectivity index (χ3v) is 11.9. The molecule has 3 aromatic rings. The number of aliphatic hydroxyl groups excluding tert-OH is 2. The van der Waals surface area contributed by atoms with Crippen LogP contribution in [-0.4, -0.2) is 82.8 Å². The average Bonchev–Trinajstić information content (AvgIpc) is 3.69. The molecule has 11 heteroatoms. The molecule has 2 saturated carbocycles. The van der Waals surface area contributed by atoms with E-state index >= 15 is 0 Å². The summed E-state index contributed by atoms with van der Waals surface area (Å²) in [5.41, 5.74) is 3.29.